The minimum atomic E-state index is 0.746. The first-order chi connectivity index (χ1) is 3.85. The first kappa shape index (κ1) is 4.77. The van der Waals surface area contributed by atoms with E-state index in [1.54, 1.807) is 7.11 Å². The van der Waals surface area contributed by atoms with Crippen molar-refractivity contribution in [3.05, 3.63) is 0 Å². The van der Waals surface area contributed by atoms with Gasteiger partial charge in [0.2, 0.25) is 0 Å². The molecule has 1 spiro atoms. The van der Waals surface area contributed by atoms with Crippen molar-refractivity contribution < 1.29 is 4.84 Å². The number of hydrogen-bond acceptors (Lipinski definition) is 2. The molecule has 1 saturated heterocycles. The van der Waals surface area contributed by atoms with Crippen LogP contribution in [0.2, 0.25) is 0 Å². The van der Waals surface area contributed by atoms with E-state index < -0.39 is 0 Å². The van der Waals surface area contributed by atoms with E-state index in [1.165, 1.54) is 25.9 Å². The maximum atomic E-state index is 5.00. The lowest BCUT2D eigenvalue weighted by Crippen LogP contribution is -2.47. The monoisotopic (exact) mass is 113 g/mol. The highest BCUT2D eigenvalue weighted by Crippen LogP contribution is 2.52. The fraction of sp³-hybridized carbons (Fsp3) is 1.00. The van der Waals surface area contributed by atoms with Gasteiger partial charge in [-0.1, -0.05) is 0 Å². The topological polar surface area (TPSA) is 12.5 Å². The molecule has 0 amide bonds. The molecule has 0 N–H and O–H groups in total. The highest BCUT2D eigenvalue weighted by Gasteiger charge is 2.52. The van der Waals surface area contributed by atoms with Gasteiger partial charge in [0.25, 0.3) is 0 Å². The average molecular weight is 113 g/mol. The van der Waals surface area contributed by atoms with Gasteiger partial charge in [0.15, 0.2) is 0 Å². The van der Waals surface area contributed by atoms with Crippen LogP contribution >= 0.6 is 0 Å². The minimum Gasteiger partial charge on any atom is -0.302 e. The van der Waals surface area contributed by atoms with Gasteiger partial charge in [0.05, 0.1) is 7.11 Å². The normalized spacial score (nSPS) is 32.6. The average Bonchev–Trinajstić information content (AvgIpc) is 2.38. The van der Waals surface area contributed by atoms with Crippen LogP contribution in [0.25, 0.3) is 0 Å². The van der Waals surface area contributed by atoms with Gasteiger partial charge in [0.1, 0.15) is 0 Å². The summed E-state index contributed by atoms with van der Waals surface area (Å²) < 4.78 is 0. The highest BCUT2D eigenvalue weighted by molar-refractivity contribution is 5.02. The fourth-order valence-corrected chi connectivity index (χ4v) is 1.32. The van der Waals surface area contributed by atoms with E-state index in [0.29, 0.717) is 0 Å². The van der Waals surface area contributed by atoms with E-state index in [9.17, 15) is 0 Å². The second-order valence-corrected chi connectivity index (χ2v) is 2.98. The molecule has 1 aliphatic heterocycles. The van der Waals surface area contributed by atoms with Gasteiger partial charge in [-0.15, -0.1) is 0 Å². The number of hydroxylamine groups is 2. The third-order valence-corrected chi connectivity index (χ3v) is 2.24. The predicted molar refractivity (Wildman–Crippen MR) is 30.2 cm³/mol. The van der Waals surface area contributed by atoms with Crippen LogP contribution in [0, 0.1) is 5.41 Å². The Morgan fingerprint density at radius 3 is 2.38 bits per heavy atom. The Labute approximate surface area is 49.4 Å². The zero-order chi connectivity index (χ0) is 5.61. The maximum Gasteiger partial charge on any atom is 0.0575 e. The molecule has 0 aromatic carbocycles. The molecule has 0 atom stereocenters. The van der Waals surface area contributed by atoms with Crippen LogP contribution in [0.1, 0.15) is 12.8 Å². The van der Waals surface area contributed by atoms with Crippen molar-refractivity contribution in [2.24, 2.45) is 5.41 Å². The lowest BCUT2D eigenvalue weighted by molar-refractivity contribution is -0.205. The fourth-order valence-electron chi connectivity index (χ4n) is 1.32. The third kappa shape index (κ3) is 0.501. The molecule has 0 bridgehead atoms. The second-order valence-electron chi connectivity index (χ2n) is 2.98. The molecule has 2 rings (SSSR count). The Balaban J connectivity index is 1.84. The first-order valence-corrected chi connectivity index (χ1v) is 3.14. The van der Waals surface area contributed by atoms with Crippen molar-refractivity contribution in [1.29, 1.82) is 0 Å². The smallest absolute Gasteiger partial charge is 0.0575 e. The lowest BCUT2D eigenvalue weighted by atomic mass is 10.0. The summed E-state index contributed by atoms with van der Waals surface area (Å²) in [5.74, 6) is 0. The summed E-state index contributed by atoms with van der Waals surface area (Å²) in [4.78, 5) is 5.00. The summed E-state index contributed by atoms with van der Waals surface area (Å²) >= 11 is 0. The Kier molecular flexibility index (Phi) is 0.746. The van der Waals surface area contributed by atoms with Crippen LogP contribution in [-0.2, 0) is 4.84 Å². The van der Waals surface area contributed by atoms with Crippen LogP contribution in [-0.4, -0.2) is 25.3 Å². The lowest BCUT2D eigenvalue weighted by Gasteiger charge is -2.37. The summed E-state index contributed by atoms with van der Waals surface area (Å²) in [5.41, 5.74) is 0.746. The van der Waals surface area contributed by atoms with Gasteiger partial charge in [-0.3, -0.25) is 0 Å². The summed E-state index contributed by atoms with van der Waals surface area (Å²) in [5, 5.41) is 2.02. The van der Waals surface area contributed by atoms with E-state index >= 15 is 0 Å². The van der Waals surface area contributed by atoms with Crippen molar-refractivity contribution in [2.75, 3.05) is 20.2 Å². The summed E-state index contributed by atoms with van der Waals surface area (Å²) in [6, 6.07) is 0. The molecule has 1 saturated carbocycles. The Morgan fingerprint density at radius 1 is 1.38 bits per heavy atom. The molecular weight excluding hydrogens is 102 g/mol. The molecule has 0 aromatic rings. The summed E-state index contributed by atoms with van der Waals surface area (Å²) in [6.07, 6.45) is 2.87. The van der Waals surface area contributed by atoms with Gasteiger partial charge in [-0.05, 0) is 12.8 Å². The molecule has 46 valence electrons. The quantitative estimate of drug-likeness (QED) is 0.495. The van der Waals surface area contributed by atoms with Crippen LogP contribution in [0.3, 0.4) is 0 Å². The van der Waals surface area contributed by atoms with Crippen molar-refractivity contribution in [1.82, 2.24) is 5.06 Å². The van der Waals surface area contributed by atoms with Crippen LogP contribution in [0.4, 0.5) is 0 Å². The molecule has 2 nitrogen and oxygen atoms in total. The molecule has 0 radical (unpaired) electrons. The largest absolute Gasteiger partial charge is 0.302 e. The van der Waals surface area contributed by atoms with Crippen LogP contribution in [0.5, 0.6) is 0 Å². The second kappa shape index (κ2) is 1.25. The standard InChI is InChI=1S/C6H11NO/c1-8-7-4-6(5-7)2-3-6/h2-5H2,1H3. The third-order valence-electron chi connectivity index (χ3n) is 2.24. The Morgan fingerprint density at radius 2 is 2.00 bits per heavy atom. The molecular formula is C6H11NO. The summed E-state index contributed by atoms with van der Waals surface area (Å²) in [6.45, 7) is 2.37. The molecule has 1 heterocycles. The molecule has 1 aliphatic carbocycles. The van der Waals surface area contributed by atoms with Crippen molar-refractivity contribution >= 4 is 0 Å². The highest BCUT2D eigenvalue weighted by atomic mass is 16.7. The SMILES string of the molecule is CON1CC2(CC2)C1. The summed E-state index contributed by atoms with van der Waals surface area (Å²) in [7, 11) is 1.75. The van der Waals surface area contributed by atoms with E-state index in [-0.39, 0.29) is 0 Å². The van der Waals surface area contributed by atoms with Gasteiger partial charge < -0.3 is 4.84 Å². The van der Waals surface area contributed by atoms with Gasteiger partial charge >= 0.3 is 0 Å². The number of nitrogens with zero attached hydrogens (tertiary/aromatic N) is 1. The van der Waals surface area contributed by atoms with Crippen LogP contribution < -0.4 is 0 Å². The van der Waals surface area contributed by atoms with Crippen LogP contribution in [0.15, 0.2) is 0 Å². The van der Waals surface area contributed by atoms with Gasteiger partial charge in [-0.25, -0.2) is 0 Å². The zero-order valence-corrected chi connectivity index (χ0v) is 5.18. The molecule has 2 aliphatic rings. The molecule has 8 heavy (non-hydrogen) atoms. The molecule has 2 fully saturated rings. The number of hydrogen-bond donors (Lipinski definition) is 0. The van der Waals surface area contributed by atoms with Gasteiger partial charge in [-0.2, -0.15) is 5.06 Å². The van der Waals surface area contributed by atoms with E-state index in [0.717, 1.165) is 5.41 Å². The van der Waals surface area contributed by atoms with Gasteiger partial charge in [0, 0.05) is 18.5 Å². The van der Waals surface area contributed by atoms with Crippen molar-refractivity contribution in [3.63, 3.8) is 0 Å². The molecule has 2 heteroatoms. The van der Waals surface area contributed by atoms with Crippen molar-refractivity contribution in [2.45, 2.75) is 12.8 Å². The van der Waals surface area contributed by atoms with E-state index in [2.05, 4.69) is 0 Å². The van der Waals surface area contributed by atoms with Crippen molar-refractivity contribution in [3.8, 4) is 0 Å². The number of rotatable bonds is 1. The molecule has 0 aromatic heterocycles. The van der Waals surface area contributed by atoms with E-state index in [1.807, 2.05) is 5.06 Å². The zero-order valence-electron chi connectivity index (χ0n) is 5.18. The predicted octanol–water partition coefficient (Wildman–Crippen LogP) is 0.644. The first-order valence-electron chi connectivity index (χ1n) is 3.14. The Hall–Kier alpha value is -0.0800. The molecule has 0 unspecified atom stereocenters. The van der Waals surface area contributed by atoms with E-state index in [4.69, 9.17) is 4.84 Å². The maximum absolute atomic E-state index is 5.00. The Bertz CT molecular complexity index is 101. The minimum absolute atomic E-state index is 0.746.